The minimum Gasteiger partial charge on any atom is -0.311 e. The van der Waals surface area contributed by atoms with Crippen LogP contribution in [0, 0.1) is 18.3 Å². The van der Waals surface area contributed by atoms with Gasteiger partial charge in [0, 0.05) is 12.2 Å². The van der Waals surface area contributed by atoms with E-state index in [9.17, 15) is 4.79 Å². The third-order valence-electron chi connectivity index (χ3n) is 3.66. The molecule has 1 aliphatic rings. The van der Waals surface area contributed by atoms with E-state index in [1.165, 1.54) is 25.7 Å². The van der Waals surface area contributed by atoms with Gasteiger partial charge in [0.05, 0.1) is 0 Å². The second-order valence-electron chi connectivity index (χ2n) is 4.84. The van der Waals surface area contributed by atoms with Crippen molar-refractivity contribution in [2.24, 2.45) is 0 Å². The molecule has 0 saturated heterocycles. The molecule has 0 spiro atoms. The van der Waals surface area contributed by atoms with Crippen LogP contribution in [0.3, 0.4) is 0 Å². The summed E-state index contributed by atoms with van der Waals surface area (Å²) in [5, 5.41) is 9.01. The molecule has 3 nitrogen and oxygen atoms in total. The lowest BCUT2D eigenvalue weighted by Gasteiger charge is -2.18. The molecule has 0 amide bonds. The van der Waals surface area contributed by atoms with E-state index in [1.54, 1.807) is 4.57 Å². The first kappa shape index (κ1) is 11.9. The smallest absolute Gasteiger partial charge is 0.268 e. The van der Waals surface area contributed by atoms with Gasteiger partial charge in [0.25, 0.3) is 5.56 Å². The first-order chi connectivity index (χ1) is 8.24. The Morgan fingerprint density at radius 3 is 2.53 bits per heavy atom. The van der Waals surface area contributed by atoms with E-state index in [0.717, 1.165) is 18.4 Å². The van der Waals surface area contributed by atoms with E-state index in [4.69, 9.17) is 5.26 Å². The molecule has 0 aliphatic heterocycles. The van der Waals surface area contributed by atoms with Crippen molar-refractivity contribution in [3.8, 4) is 6.07 Å². The second kappa shape index (κ2) is 5.18. The van der Waals surface area contributed by atoms with Crippen LogP contribution in [-0.4, -0.2) is 4.57 Å². The van der Waals surface area contributed by atoms with Gasteiger partial charge in [-0.15, -0.1) is 0 Å². The van der Waals surface area contributed by atoms with Crippen molar-refractivity contribution in [3.63, 3.8) is 0 Å². The second-order valence-corrected chi connectivity index (χ2v) is 4.84. The molecular formula is C14H18N2O. The van der Waals surface area contributed by atoms with Gasteiger partial charge in [-0.05, 0) is 31.4 Å². The van der Waals surface area contributed by atoms with Crippen LogP contribution in [0.1, 0.15) is 55.7 Å². The summed E-state index contributed by atoms with van der Waals surface area (Å²) < 4.78 is 1.77. The van der Waals surface area contributed by atoms with E-state index in [-0.39, 0.29) is 11.6 Å². The number of nitriles is 1. The molecule has 1 heterocycles. The Labute approximate surface area is 102 Å². The Morgan fingerprint density at radius 2 is 1.94 bits per heavy atom. The molecule has 1 fully saturated rings. The van der Waals surface area contributed by atoms with Crippen molar-refractivity contribution in [1.82, 2.24) is 4.57 Å². The quantitative estimate of drug-likeness (QED) is 0.696. The Balaban J connectivity index is 2.39. The van der Waals surface area contributed by atoms with Crippen LogP contribution in [-0.2, 0) is 0 Å². The average Bonchev–Trinajstić information content (AvgIpc) is 2.58. The number of hydrogen-bond acceptors (Lipinski definition) is 2. The highest BCUT2D eigenvalue weighted by molar-refractivity contribution is 5.34. The fourth-order valence-corrected chi connectivity index (χ4v) is 2.60. The van der Waals surface area contributed by atoms with E-state index in [1.807, 2.05) is 25.3 Å². The summed E-state index contributed by atoms with van der Waals surface area (Å²) in [5.41, 5.74) is 0.971. The molecule has 17 heavy (non-hydrogen) atoms. The largest absolute Gasteiger partial charge is 0.311 e. The zero-order valence-electron chi connectivity index (χ0n) is 10.3. The maximum absolute atomic E-state index is 12.2. The van der Waals surface area contributed by atoms with Gasteiger partial charge in [-0.3, -0.25) is 4.79 Å². The molecule has 3 heteroatoms. The molecule has 2 rings (SSSR count). The molecule has 1 aromatic rings. The Morgan fingerprint density at radius 1 is 1.29 bits per heavy atom. The number of pyridine rings is 1. The summed E-state index contributed by atoms with van der Waals surface area (Å²) in [6.45, 7) is 1.82. The molecule has 1 aromatic heterocycles. The molecular weight excluding hydrogens is 212 g/mol. The summed E-state index contributed by atoms with van der Waals surface area (Å²) in [6, 6.07) is 4.19. The predicted molar refractivity (Wildman–Crippen MR) is 66.9 cm³/mol. The van der Waals surface area contributed by atoms with E-state index in [0.29, 0.717) is 5.56 Å². The maximum atomic E-state index is 12.2. The molecule has 0 bridgehead atoms. The van der Waals surface area contributed by atoms with Crippen molar-refractivity contribution in [3.05, 3.63) is 33.7 Å². The summed E-state index contributed by atoms with van der Waals surface area (Å²) in [4.78, 5) is 12.2. The van der Waals surface area contributed by atoms with Gasteiger partial charge >= 0.3 is 0 Å². The number of aromatic nitrogens is 1. The summed E-state index contributed by atoms with van der Waals surface area (Å²) >= 11 is 0. The monoisotopic (exact) mass is 230 g/mol. The van der Waals surface area contributed by atoms with E-state index < -0.39 is 0 Å². The van der Waals surface area contributed by atoms with Gasteiger partial charge in [0.2, 0.25) is 0 Å². The van der Waals surface area contributed by atoms with Crippen LogP contribution in [0.25, 0.3) is 0 Å². The van der Waals surface area contributed by atoms with Crippen LogP contribution in [0.5, 0.6) is 0 Å². The van der Waals surface area contributed by atoms with Gasteiger partial charge in [-0.2, -0.15) is 5.26 Å². The van der Waals surface area contributed by atoms with E-state index >= 15 is 0 Å². The molecule has 1 aliphatic carbocycles. The van der Waals surface area contributed by atoms with Crippen LogP contribution in [0.15, 0.2) is 17.1 Å². The van der Waals surface area contributed by atoms with Crippen LogP contribution in [0.4, 0.5) is 0 Å². The molecule has 0 radical (unpaired) electrons. The fourth-order valence-electron chi connectivity index (χ4n) is 2.60. The van der Waals surface area contributed by atoms with Crippen molar-refractivity contribution in [1.29, 1.82) is 5.26 Å². The normalized spacial score (nSPS) is 17.4. The molecule has 0 unspecified atom stereocenters. The third kappa shape index (κ3) is 2.41. The fraction of sp³-hybridized carbons (Fsp3) is 0.571. The zero-order chi connectivity index (χ0) is 12.3. The van der Waals surface area contributed by atoms with Crippen LogP contribution in [0.2, 0.25) is 0 Å². The minimum absolute atomic E-state index is 0.112. The maximum Gasteiger partial charge on any atom is 0.268 e. The lowest BCUT2D eigenvalue weighted by atomic mass is 10.1. The first-order valence-electron chi connectivity index (χ1n) is 6.36. The zero-order valence-corrected chi connectivity index (χ0v) is 10.3. The van der Waals surface area contributed by atoms with Crippen molar-refractivity contribution < 1.29 is 0 Å². The standard InChI is InChI=1S/C14H18N2O/c1-11-8-9-16(14(17)13(11)10-15)12-6-4-2-3-5-7-12/h8-9,12H,2-7H2,1H3. The van der Waals surface area contributed by atoms with Crippen molar-refractivity contribution >= 4 is 0 Å². The van der Waals surface area contributed by atoms with Crippen molar-refractivity contribution in [2.45, 2.75) is 51.5 Å². The van der Waals surface area contributed by atoms with E-state index in [2.05, 4.69) is 0 Å². The van der Waals surface area contributed by atoms with Gasteiger partial charge in [0.15, 0.2) is 0 Å². The summed E-state index contributed by atoms with van der Waals surface area (Å²) in [7, 11) is 0. The lowest BCUT2D eigenvalue weighted by molar-refractivity contribution is 0.431. The van der Waals surface area contributed by atoms with Crippen LogP contribution >= 0.6 is 0 Å². The Kier molecular flexibility index (Phi) is 3.63. The molecule has 0 atom stereocenters. The predicted octanol–water partition coefficient (Wildman–Crippen LogP) is 2.92. The van der Waals surface area contributed by atoms with Gasteiger partial charge in [-0.1, -0.05) is 25.7 Å². The van der Waals surface area contributed by atoms with Crippen LogP contribution < -0.4 is 5.56 Å². The van der Waals surface area contributed by atoms with Crippen molar-refractivity contribution in [2.75, 3.05) is 0 Å². The first-order valence-corrected chi connectivity index (χ1v) is 6.36. The Bertz CT molecular complexity index is 488. The highest BCUT2D eigenvalue weighted by Crippen LogP contribution is 2.26. The molecule has 1 saturated carbocycles. The lowest BCUT2D eigenvalue weighted by Crippen LogP contribution is -2.26. The van der Waals surface area contributed by atoms with Gasteiger partial charge in [-0.25, -0.2) is 0 Å². The number of aryl methyl sites for hydroxylation is 1. The topological polar surface area (TPSA) is 45.8 Å². The molecule has 0 aromatic carbocycles. The van der Waals surface area contributed by atoms with Gasteiger partial charge < -0.3 is 4.57 Å². The molecule has 0 N–H and O–H groups in total. The number of nitrogens with zero attached hydrogens (tertiary/aromatic N) is 2. The summed E-state index contributed by atoms with van der Waals surface area (Å²) in [6.07, 6.45) is 8.89. The Hall–Kier alpha value is -1.56. The SMILES string of the molecule is Cc1ccn(C2CCCCCC2)c(=O)c1C#N. The highest BCUT2D eigenvalue weighted by Gasteiger charge is 2.17. The number of rotatable bonds is 1. The summed E-state index contributed by atoms with van der Waals surface area (Å²) in [5.74, 6) is 0. The molecule has 90 valence electrons. The number of hydrogen-bond donors (Lipinski definition) is 0. The third-order valence-corrected chi connectivity index (χ3v) is 3.66. The minimum atomic E-state index is -0.112. The average molecular weight is 230 g/mol. The highest BCUT2D eigenvalue weighted by atomic mass is 16.1. The van der Waals surface area contributed by atoms with Gasteiger partial charge in [0.1, 0.15) is 11.6 Å².